The number of methoxy groups -OCH3 is 1. The quantitative estimate of drug-likeness (QED) is 0.869. The van der Waals surface area contributed by atoms with Crippen molar-refractivity contribution in [2.45, 2.75) is 19.8 Å². The summed E-state index contributed by atoms with van der Waals surface area (Å²) in [5.74, 6) is 1.13. The number of thiazole rings is 1. The van der Waals surface area contributed by atoms with Gasteiger partial charge in [-0.05, 0) is 24.6 Å². The van der Waals surface area contributed by atoms with E-state index in [0.717, 1.165) is 53.7 Å². The summed E-state index contributed by atoms with van der Waals surface area (Å²) in [7, 11) is 1.68. The first-order valence-electron chi connectivity index (χ1n) is 7.68. The van der Waals surface area contributed by atoms with Crippen LogP contribution in [0.25, 0.3) is 10.2 Å². The van der Waals surface area contributed by atoms with Crippen LogP contribution in [-0.4, -0.2) is 49.1 Å². The Kier molecular flexibility index (Phi) is 4.47. The van der Waals surface area contributed by atoms with Crippen LogP contribution in [0, 0.1) is 0 Å². The molecule has 1 fully saturated rings. The summed E-state index contributed by atoms with van der Waals surface area (Å²) in [5, 5.41) is 1.03. The van der Waals surface area contributed by atoms with E-state index < -0.39 is 0 Å². The van der Waals surface area contributed by atoms with Crippen LogP contribution in [-0.2, 0) is 4.79 Å². The summed E-state index contributed by atoms with van der Waals surface area (Å²) in [6.07, 6.45) is 1.57. The number of anilines is 1. The molecule has 1 aromatic heterocycles. The van der Waals surface area contributed by atoms with Crippen molar-refractivity contribution in [2.75, 3.05) is 38.2 Å². The van der Waals surface area contributed by atoms with Gasteiger partial charge in [0.25, 0.3) is 0 Å². The molecule has 5 nitrogen and oxygen atoms in total. The van der Waals surface area contributed by atoms with E-state index in [1.807, 2.05) is 30.0 Å². The van der Waals surface area contributed by atoms with Crippen molar-refractivity contribution < 1.29 is 9.53 Å². The van der Waals surface area contributed by atoms with Crippen molar-refractivity contribution in [2.24, 2.45) is 0 Å². The second-order valence-corrected chi connectivity index (χ2v) is 6.46. The highest BCUT2D eigenvalue weighted by atomic mass is 32.1. The number of piperazine rings is 1. The normalized spacial score (nSPS) is 15.4. The monoisotopic (exact) mass is 319 g/mol. The third kappa shape index (κ3) is 3.02. The van der Waals surface area contributed by atoms with Gasteiger partial charge in [-0.15, -0.1) is 0 Å². The molecule has 1 aromatic carbocycles. The third-order valence-electron chi connectivity index (χ3n) is 3.95. The predicted octanol–water partition coefficient (Wildman–Crippen LogP) is 2.75. The number of aromatic nitrogens is 1. The fourth-order valence-electron chi connectivity index (χ4n) is 2.67. The van der Waals surface area contributed by atoms with Crippen LogP contribution in [0.2, 0.25) is 0 Å². The van der Waals surface area contributed by atoms with Crippen LogP contribution in [0.3, 0.4) is 0 Å². The molecule has 0 spiro atoms. The second-order valence-electron chi connectivity index (χ2n) is 5.45. The van der Waals surface area contributed by atoms with Gasteiger partial charge in [-0.2, -0.15) is 0 Å². The maximum Gasteiger partial charge on any atom is 0.222 e. The Hall–Kier alpha value is -1.82. The second kappa shape index (κ2) is 6.52. The molecule has 0 atom stereocenters. The van der Waals surface area contributed by atoms with Crippen LogP contribution in [0.4, 0.5) is 5.13 Å². The van der Waals surface area contributed by atoms with Crippen molar-refractivity contribution in [3.05, 3.63) is 18.2 Å². The molecule has 0 unspecified atom stereocenters. The number of carbonyl (C=O) groups is 1. The zero-order chi connectivity index (χ0) is 15.5. The maximum atomic E-state index is 11.9. The van der Waals surface area contributed by atoms with E-state index >= 15 is 0 Å². The Morgan fingerprint density at radius 1 is 1.32 bits per heavy atom. The largest absolute Gasteiger partial charge is 0.497 e. The van der Waals surface area contributed by atoms with E-state index in [1.54, 1.807) is 18.4 Å². The van der Waals surface area contributed by atoms with Gasteiger partial charge in [-0.3, -0.25) is 4.79 Å². The summed E-state index contributed by atoms with van der Waals surface area (Å²) in [6, 6.07) is 5.96. The number of ether oxygens (including phenoxy) is 1. The molecule has 6 heteroatoms. The van der Waals surface area contributed by atoms with Gasteiger partial charge in [-0.1, -0.05) is 18.3 Å². The van der Waals surface area contributed by atoms with Gasteiger partial charge in [0.15, 0.2) is 5.13 Å². The lowest BCUT2D eigenvalue weighted by atomic mass is 10.2. The van der Waals surface area contributed by atoms with E-state index in [0.29, 0.717) is 6.42 Å². The molecule has 0 saturated carbocycles. The number of benzene rings is 1. The minimum atomic E-state index is 0.274. The highest BCUT2D eigenvalue weighted by Gasteiger charge is 2.22. The van der Waals surface area contributed by atoms with Gasteiger partial charge in [-0.25, -0.2) is 4.98 Å². The molecule has 2 heterocycles. The van der Waals surface area contributed by atoms with E-state index in [1.165, 1.54) is 0 Å². The molecule has 0 radical (unpaired) electrons. The number of hydrogen-bond acceptors (Lipinski definition) is 5. The minimum Gasteiger partial charge on any atom is -0.497 e. The maximum absolute atomic E-state index is 11.9. The fourth-order valence-corrected chi connectivity index (χ4v) is 3.72. The molecule has 22 heavy (non-hydrogen) atoms. The number of rotatable bonds is 4. The van der Waals surface area contributed by atoms with Gasteiger partial charge in [0.2, 0.25) is 5.91 Å². The number of fused-ring (bicyclic) bond motifs is 1. The van der Waals surface area contributed by atoms with Crippen LogP contribution >= 0.6 is 11.3 Å². The predicted molar refractivity (Wildman–Crippen MR) is 89.9 cm³/mol. The van der Waals surface area contributed by atoms with Gasteiger partial charge >= 0.3 is 0 Å². The Bertz CT molecular complexity index is 662. The average Bonchev–Trinajstić information content (AvgIpc) is 2.98. The first-order valence-corrected chi connectivity index (χ1v) is 8.50. The molecule has 1 aliphatic heterocycles. The Morgan fingerprint density at radius 3 is 2.77 bits per heavy atom. The Labute approximate surface area is 134 Å². The molecule has 0 bridgehead atoms. The summed E-state index contributed by atoms with van der Waals surface area (Å²) in [5.41, 5.74) is 1.00. The number of amides is 1. The molecule has 1 aliphatic rings. The topological polar surface area (TPSA) is 45.7 Å². The highest BCUT2D eigenvalue weighted by molar-refractivity contribution is 7.22. The molecule has 2 aromatic rings. The van der Waals surface area contributed by atoms with Crippen molar-refractivity contribution in [3.8, 4) is 5.75 Å². The van der Waals surface area contributed by atoms with Gasteiger partial charge in [0, 0.05) is 32.6 Å². The summed E-state index contributed by atoms with van der Waals surface area (Å²) < 4.78 is 6.40. The lowest BCUT2D eigenvalue weighted by molar-refractivity contribution is -0.131. The molecule has 1 amide bonds. The van der Waals surface area contributed by atoms with Crippen LogP contribution in [0.1, 0.15) is 19.8 Å². The van der Waals surface area contributed by atoms with Crippen molar-refractivity contribution in [1.82, 2.24) is 9.88 Å². The van der Waals surface area contributed by atoms with E-state index in [2.05, 4.69) is 4.90 Å². The van der Waals surface area contributed by atoms with Crippen LogP contribution < -0.4 is 9.64 Å². The molecule has 0 N–H and O–H groups in total. The lowest BCUT2D eigenvalue weighted by Crippen LogP contribution is -2.48. The third-order valence-corrected chi connectivity index (χ3v) is 5.03. The van der Waals surface area contributed by atoms with Crippen molar-refractivity contribution in [1.29, 1.82) is 0 Å². The number of nitrogens with zero attached hydrogens (tertiary/aromatic N) is 3. The summed E-state index contributed by atoms with van der Waals surface area (Å²) in [6.45, 7) is 5.33. The smallest absolute Gasteiger partial charge is 0.222 e. The molecular weight excluding hydrogens is 298 g/mol. The molecule has 3 rings (SSSR count). The standard InChI is InChI=1S/C16H21N3O2S/c1-3-4-15(20)18-7-9-19(10-8-18)16-17-13-6-5-12(21-2)11-14(13)22-16/h5-6,11H,3-4,7-10H2,1-2H3. The van der Waals surface area contributed by atoms with E-state index in [-0.39, 0.29) is 5.91 Å². The van der Waals surface area contributed by atoms with Crippen LogP contribution in [0.15, 0.2) is 18.2 Å². The first-order chi connectivity index (χ1) is 10.7. The van der Waals surface area contributed by atoms with Gasteiger partial charge < -0.3 is 14.5 Å². The SMILES string of the molecule is CCCC(=O)N1CCN(c2nc3ccc(OC)cc3s2)CC1. The Balaban J connectivity index is 1.69. The molecule has 118 valence electrons. The van der Waals surface area contributed by atoms with Gasteiger partial charge in [0.1, 0.15) is 5.75 Å². The van der Waals surface area contributed by atoms with Crippen LogP contribution in [0.5, 0.6) is 5.75 Å². The van der Waals surface area contributed by atoms with E-state index in [9.17, 15) is 4.79 Å². The van der Waals surface area contributed by atoms with Crippen molar-refractivity contribution in [3.63, 3.8) is 0 Å². The summed E-state index contributed by atoms with van der Waals surface area (Å²) in [4.78, 5) is 20.9. The number of carbonyl (C=O) groups excluding carboxylic acids is 1. The zero-order valence-corrected chi connectivity index (χ0v) is 13.9. The zero-order valence-electron chi connectivity index (χ0n) is 13.0. The first kappa shape index (κ1) is 15.1. The Morgan fingerprint density at radius 2 is 2.09 bits per heavy atom. The lowest BCUT2D eigenvalue weighted by Gasteiger charge is -2.34. The van der Waals surface area contributed by atoms with E-state index in [4.69, 9.17) is 9.72 Å². The fraction of sp³-hybridized carbons (Fsp3) is 0.500. The van der Waals surface area contributed by atoms with Crippen molar-refractivity contribution >= 4 is 32.6 Å². The molecule has 0 aliphatic carbocycles. The summed E-state index contributed by atoms with van der Waals surface area (Å²) >= 11 is 1.68. The number of hydrogen-bond donors (Lipinski definition) is 0. The minimum absolute atomic E-state index is 0.274. The molecular formula is C16H21N3O2S. The molecule has 1 saturated heterocycles. The average molecular weight is 319 g/mol. The highest BCUT2D eigenvalue weighted by Crippen LogP contribution is 2.31. The van der Waals surface area contributed by atoms with Gasteiger partial charge in [0.05, 0.1) is 17.3 Å².